The van der Waals surface area contributed by atoms with Crippen molar-refractivity contribution in [1.82, 2.24) is 4.90 Å². The number of rotatable bonds is 3. The minimum Gasteiger partial charge on any atom is -0.481 e. The number of amides is 1. The standard InChI is InChI=1S/C13H13BrClNO3/c1-7(13(18)19)8-5-16(6-8)12(17)10-3-2-9(14)4-11(10)15/h2-4,7-8H,5-6H2,1H3,(H,18,19). The van der Waals surface area contributed by atoms with Crippen LogP contribution in [-0.2, 0) is 4.79 Å². The molecule has 1 N–H and O–H groups in total. The summed E-state index contributed by atoms with van der Waals surface area (Å²) in [4.78, 5) is 24.6. The molecule has 1 fully saturated rings. The van der Waals surface area contributed by atoms with Crippen molar-refractivity contribution in [2.75, 3.05) is 13.1 Å². The van der Waals surface area contributed by atoms with Gasteiger partial charge in [-0.3, -0.25) is 9.59 Å². The molecule has 0 saturated carbocycles. The van der Waals surface area contributed by atoms with E-state index in [2.05, 4.69) is 15.9 Å². The number of carboxylic acid groups (broad SMARTS) is 1. The topological polar surface area (TPSA) is 57.6 Å². The van der Waals surface area contributed by atoms with Gasteiger partial charge in [0, 0.05) is 23.5 Å². The summed E-state index contributed by atoms with van der Waals surface area (Å²) in [7, 11) is 0. The third kappa shape index (κ3) is 2.92. The Labute approximate surface area is 124 Å². The molecule has 1 saturated heterocycles. The predicted molar refractivity (Wildman–Crippen MR) is 75.3 cm³/mol. The molecule has 1 aliphatic rings. The molecule has 0 radical (unpaired) electrons. The maximum atomic E-state index is 12.2. The second-order valence-corrected chi connectivity index (χ2v) is 6.04. The van der Waals surface area contributed by atoms with Gasteiger partial charge in [0.15, 0.2) is 0 Å². The van der Waals surface area contributed by atoms with Gasteiger partial charge in [-0.1, -0.05) is 34.5 Å². The first-order valence-corrected chi connectivity index (χ1v) is 7.04. The van der Waals surface area contributed by atoms with Crippen molar-refractivity contribution in [3.8, 4) is 0 Å². The van der Waals surface area contributed by atoms with E-state index in [0.717, 1.165) is 4.47 Å². The van der Waals surface area contributed by atoms with E-state index >= 15 is 0 Å². The van der Waals surface area contributed by atoms with Gasteiger partial charge in [0.05, 0.1) is 16.5 Å². The van der Waals surface area contributed by atoms with Crippen LogP contribution in [0.4, 0.5) is 0 Å². The van der Waals surface area contributed by atoms with Crippen LogP contribution in [0.25, 0.3) is 0 Å². The number of likely N-dealkylation sites (tertiary alicyclic amines) is 1. The average molecular weight is 347 g/mol. The summed E-state index contributed by atoms with van der Waals surface area (Å²) in [5.41, 5.74) is 0.450. The number of carboxylic acids is 1. The Morgan fingerprint density at radius 2 is 2.11 bits per heavy atom. The minimum absolute atomic E-state index is 0.0238. The van der Waals surface area contributed by atoms with E-state index in [0.29, 0.717) is 23.7 Å². The fourth-order valence-electron chi connectivity index (χ4n) is 2.03. The Balaban J connectivity index is 2.02. The summed E-state index contributed by atoms with van der Waals surface area (Å²) in [5, 5.41) is 9.30. The smallest absolute Gasteiger partial charge is 0.306 e. The van der Waals surface area contributed by atoms with Gasteiger partial charge in [-0.15, -0.1) is 0 Å². The zero-order valence-electron chi connectivity index (χ0n) is 10.3. The van der Waals surface area contributed by atoms with Crippen LogP contribution in [0.3, 0.4) is 0 Å². The Morgan fingerprint density at radius 3 is 2.63 bits per heavy atom. The van der Waals surface area contributed by atoms with Crippen molar-refractivity contribution < 1.29 is 14.7 Å². The summed E-state index contributed by atoms with van der Waals surface area (Å²) in [6.07, 6.45) is 0. The maximum Gasteiger partial charge on any atom is 0.306 e. The first kappa shape index (κ1) is 14.3. The number of hydrogen-bond donors (Lipinski definition) is 1. The first-order valence-electron chi connectivity index (χ1n) is 5.87. The molecular formula is C13H13BrClNO3. The van der Waals surface area contributed by atoms with Crippen LogP contribution in [0.15, 0.2) is 22.7 Å². The molecule has 1 amide bonds. The van der Waals surface area contributed by atoms with Crippen LogP contribution in [0.5, 0.6) is 0 Å². The van der Waals surface area contributed by atoms with Gasteiger partial charge in [0.25, 0.3) is 5.91 Å². The summed E-state index contributed by atoms with van der Waals surface area (Å²) in [5.74, 6) is -1.37. The van der Waals surface area contributed by atoms with Crippen LogP contribution in [0, 0.1) is 11.8 Å². The van der Waals surface area contributed by atoms with Crippen molar-refractivity contribution in [3.05, 3.63) is 33.3 Å². The van der Waals surface area contributed by atoms with Crippen LogP contribution >= 0.6 is 27.5 Å². The largest absolute Gasteiger partial charge is 0.481 e. The zero-order valence-corrected chi connectivity index (χ0v) is 12.6. The molecule has 1 aromatic rings. The van der Waals surface area contributed by atoms with Gasteiger partial charge in [-0.05, 0) is 18.2 Å². The Morgan fingerprint density at radius 1 is 1.47 bits per heavy atom. The highest BCUT2D eigenvalue weighted by Gasteiger charge is 2.37. The maximum absolute atomic E-state index is 12.2. The van der Waals surface area contributed by atoms with Crippen LogP contribution in [-0.4, -0.2) is 35.0 Å². The van der Waals surface area contributed by atoms with E-state index in [4.69, 9.17) is 16.7 Å². The van der Waals surface area contributed by atoms with Crippen molar-refractivity contribution in [3.63, 3.8) is 0 Å². The first-order chi connectivity index (χ1) is 8.90. The monoisotopic (exact) mass is 345 g/mol. The van der Waals surface area contributed by atoms with Crippen LogP contribution < -0.4 is 0 Å². The predicted octanol–water partition coefficient (Wildman–Crippen LogP) is 2.90. The molecule has 4 nitrogen and oxygen atoms in total. The molecule has 0 aliphatic carbocycles. The normalized spacial score (nSPS) is 16.9. The molecule has 1 aliphatic heterocycles. The highest BCUT2D eigenvalue weighted by molar-refractivity contribution is 9.10. The molecule has 1 atom stereocenters. The van der Waals surface area contributed by atoms with Gasteiger partial charge in [-0.2, -0.15) is 0 Å². The molecule has 0 bridgehead atoms. The number of benzene rings is 1. The Hall–Kier alpha value is -1.07. The van der Waals surface area contributed by atoms with E-state index < -0.39 is 11.9 Å². The molecule has 2 rings (SSSR count). The van der Waals surface area contributed by atoms with Crippen LogP contribution in [0.2, 0.25) is 5.02 Å². The van der Waals surface area contributed by atoms with Gasteiger partial charge in [0.2, 0.25) is 0 Å². The highest BCUT2D eigenvalue weighted by atomic mass is 79.9. The second kappa shape index (κ2) is 5.51. The summed E-state index contributed by atoms with van der Waals surface area (Å²) in [6, 6.07) is 5.10. The summed E-state index contributed by atoms with van der Waals surface area (Å²) in [6.45, 7) is 2.61. The SMILES string of the molecule is CC(C(=O)O)C1CN(C(=O)c2ccc(Br)cc2Cl)C1. The van der Waals surface area contributed by atoms with Gasteiger partial charge < -0.3 is 10.0 Å². The van der Waals surface area contributed by atoms with Crippen molar-refractivity contribution in [2.24, 2.45) is 11.8 Å². The number of carbonyl (C=O) groups is 2. The van der Waals surface area contributed by atoms with E-state index in [9.17, 15) is 9.59 Å². The lowest BCUT2D eigenvalue weighted by Crippen LogP contribution is -2.53. The van der Waals surface area contributed by atoms with Crippen LogP contribution in [0.1, 0.15) is 17.3 Å². The number of hydrogen-bond acceptors (Lipinski definition) is 2. The van der Waals surface area contributed by atoms with Gasteiger partial charge in [-0.25, -0.2) is 0 Å². The Kier molecular flexibility index (Phi) is 4.16. The fraction of sp³-hybridized carbons (Fsp3) is 0.385. The second-order valence-electron chi connectivity index (χ2n) is 4.72. The molecule has 1 heterocycles. The molecule has 0 aromatic heterocycles. The third-order valence-corrected chi connectivity index (χ3v) is 4.26. The molecule has 6 heteroatoms. The molecule has 0 spiro atoms. The molecule has 1 unspecified atom stereocenters. The van der Waals surface area contributed by atoms with Gasteiger partial charge >= 0.3 is 5.97 Å². The average Bonchev–Trinajstić information content (AvgIpc) is 2.26. The number of nitrogens with zero attached hydrogens (tertiary/aromatic N) is 1. The summed E-state index contributed by atoms with van der Waals surface area (Å²) >= 11 is 9.31. The van der Waals surface area contributed by atoms with E-state index in [-0.39, 0.29) is 11.8 Å². The van der Waals surface area contributed by atoms with Crippen molar-refractivity contribution in [2.45, 2.75) is 6.92 Å². The van der Waals surface area contributed by atoms with E-state index in [1.165, 1.54) is 0 Å². The minimum atomic E-state index is -0.821. The molecular weight excluding hydrogens is 334 g/mol. The molecule has 1 aromatic carbocycles. The quantitative estimate of drug-likeness (QED) is 0.915. The third-order valence-electron chi connectivity index (χ3n) is 3.46. The fourth-order valence-corrected chi connectivity index (χ4v) is 2.78. The van der Waals surface area contributed by atoms with Crippen molar-refractivity contribution in [1.29, 1.82) is 0 Å². The number of aliphatic carboxylic acids is 1. The highest BCUT2D eigenvalue weighted by Crippen LogP contribution is 2.28. The van der Waals surface area contributed by atoms with E-state index in [1.807, 2.05) is 0 Å². The lowest BCUT2D eigenvalue weighted by Gasteiger charge is -2.41. The molecule has 19 heavy (non-hydrogen) atoms. The lowest BCUT2D eigenvalue weighted by atomic mass is 9.86. The lowest BCUT2D eigenvalue weighted by molar-refractivity contribution is -0.144. The Bertz CT molecular complexity index is 529. The summed E-state index contributed by atoms with van der Waals surface area (Å²) < 4.78 is 0.815. The number of carbonyl (C=O) groups excluding carboxylic acids is 1. The molecule has 102 valence electrons. The van der Waals surface area contributed by atoms with Gasteiger partial charge in [0.1, 0.15) is 0 Å². The number of halogens is 2. The van der Waals surface area contributed by atoms with Crippen molar-refractivity contribution >= 4 is 39.4 Å². The zero-order chi connectivity index (χ0) is 14.2. The van der Waals surface area contributed by atoms with E-state index in [1.54, 1.807) is 30.0 Å².